The Kier molecular flexibility index (Phi) is 3.95. The molecule has 0 aliphatic heterocycles. The topological polar surface area (TPSA) is 17.1 Å². The average molecular weight is 108 g/mol. The Balaban J connectivity index is 3.66. The molecule has 0 saturated carbocycles. The number of carbonyl (C=O) groups is 1. The van der Waals surface area contributed by atoms with Crippen molar-refractivity contribution in [2.45, 2.75) is 6.92 Å². The van der Waals surface area contributed by atoms with Crippen molar-refractivity contribution in [3.05, 3.63) is 24.2 Å². The second-order valence-corrected chi connectivity index (χ2v) is 1.40. The molecule has 0 spiro atoms. The van der Waals surface area contributed by atoms with Gasteiger partial charge in [0.2, 0.25) is 0 Å². The van der Waals surface area contributed by atoms with Gasteiger partial charge in [0.25, 0.3) is 0 Å². The molecular weight excluding hydrogens is 98.9 g/mol. The summed E-state index contributed by atoms with van der Waals surface area (Å²) < 4.78 is 0. The maximum absolute atomic E-state index is 10.5. The SMILES string of the molecule is B/C=C/C(=O)/C=C/C. The lowest BCUT2D eigenvalue weighted by Gasteiger charge is -1.75. The van der Waals surface area contributed by atoms with Gasteiger partial charge in [-0.3, -0.25) is 4.79 Å². The summed E-state index contributed by atoms with van der Waals surface area (Å²) in [4.78, 5) is 10.5. The van der Waals surface area contributed by atoms with E-state index in [-0.39, 0.29) is 5.78 Å². The lowest BCUT2D eigenvalue weighted by Crippen LogP contribution is -1.82. The Labute approximate surface area is 50.5 Å². The molecule has 0 amide bonds. The second kappa shape index (κ2) is 4.38. The first-order valence-corrected chi connectivity index (χ1v) is 2.60. The summed E-state index contributed by atoms with van der Waals surface area (Å²) in [5, 5.41) is 0. The number of carbonyl (C=O) groups excluding carboxylic acids is 1. The Morgan fingerprint density at radius 1 is 1.50 bits per heavy atom. The van der Waals surface area contributed by atoms with Crippen molar-refractivity contribution in [3.63, 3.8) is 0 Å². The van der Waals surface area contributed by atoms with Crippen LogP contribution in [0.1, 0.15) is 6.92 Å². The quantitative estimate of drug-likeness (QED) is 0.366. The molecule has 0 aromatic carbocycles. The van der Waals surface area contributed by atoms with Crippen LogP contribution in [0.2, 0.25) is 0 Å². The molecule has 0 aliphatic carbocycles. The highest BCUT2D eigenvalue weighted by atomic mass is 16.1. The first kappa shape index (κ1) is 7.21. The Bertz CT molecular complexity index is 110. The molecule has 0 bridgehead atoms. The van der Waals surface area contributed by atoms with Crippen LogP contribution in [0.25, 0.3) is 0 Å². The minimum absolute atomic E-state index is 0.0509. The monoisotopic (exact) mass is 108 g/mol. The van der Waals surface area contributed by atoms with E-state index < -0.39 is 0 Å². The second-order valence-electron chi connectivity index (χ2n) is 1.40. The van der Waals surface area contributed by atoms with Gasteiger partial charge in [0, 0.05) is 0 Å². The zero-order chi connectivity index (χ0) is 6.41. The van der Waals surface area contributed by atoms with Gasteiger partial charge in [0.05, 0.1) is 0 Å². The fourth-order valence-electron chi connectivity index (χ4n) is 0.384. The van der Waals surface area contributed by atoms with E-state index in [1.165, 1.54) is 12.2 Å². The molecule has 42 valence electrons. The van der Waals surface area contributed by atoms with Gasteiger partial charge in [0.1, 0.15) is 7.85 Å². The van der Waals surface area contributed by atoms with E-state index in [9.17, 15) is 4.79 Å². The van der Waals surface area contributed by atoms with Gasteiger partial charge < -0.3 is 0 Å². The van der Waals surface area contributed by atoms with Gasteiger partial charge in [-0.25, -0.2) is 0 Å². The third-order valence-electron chi connectivity index (χ3n) is 0.662. The molecule has 0 aliphatic rings. The summed E-state index contributed by atoms with van der Waals surface area (Å²) in [6.07, 6.45) is 4.78. The molecule has 0 rings (SSSR count). The predicted octanol–water partition coefficient (Wildman–Crippen LogP) is 0.278. The van der Waals surface area contributed by atoms with Crippen molar-refractivity contribution in [2.75, 3.05) is 0 Å². The van der Waals surface area contributed by atoms with Gasteiger partial charge in [0.15, 0.2) is 5.78 Å². The lowest BCUT2D eigenvalue weighted by atomic mass is 10.1. The molecule has 1 nitrogen and oxygen atoms in total. The summed E-state index contributed by atoms with van der Waals surface area (Å²) in [6, 6.07) is 0. The zero-order valence-corrected chi connectivity index (χ0v) is 5.22. The molecule has 0 unspecified atom stereocenters. The predicted molar refractivity (Wildman–Crippen MR) is 37.5 cm³/mol. The van der Waals surface area contributed by atoms with Crippen LogP contribution in [-0.2, 0) is 4.79 Å². The molecule has 0 aromatic rings. The Morgan fingerprint density at radius 2 is 2.12 bits per heavy atom. The molecular formula is C6H9BO. The summed E-state index contributed by atoms with van der Waals surface area (Å²) in [5.41, 5.74) is 0. The standard InChI is InChI=1S/C6H9BO/c1-2-3-6(8)4-5-7/h2-5H,7H2,1H3/b3-2+,5-4+. The lowest BCUT2D eigenvalue weighted by molar-refractivity contribution is -0.110. The maximum atomic E-state index is 10.5. The van der Waals surface area contributed by atoms with Crippen molar-refractivity contribution in [3.8, 4) is 0 Å². The summed E-state index contributed by atoms with van der Waals surface area (Å²) in [6.45, 7) is 1.82. The number of hydrogen-bond acceptors (Lipinski definition) is 1. The van der Waals surface area contributed by atoms with Crippen LogP contribution < -0.4 is 0 Å². The van der Waals surface area contributed by atoms with E-state index in [4.69, 9.17) is 0 Å². The largest absolute Gasteiger partial charge is 0.290 e. The summed E-state index contributed by atoms with van der Waals surface area (Å²) in [5.74, 6) is 1.78. The highest BCUT2D eigenvalue weighted by Crippen LogP contribution is 1.76. The van der Waals surface area contributed by atoms with Crippen molar-refractivity contribution < 1.29 is 4.79 Å². The van der Waals surface area contributed by atoms with Crippen LogP contribution in [0.15, 0.2) is 24.2 Å². The molecule has 8 heavy (non-hydrogen) atoms. The molecule has 0 saturated heterocycles. The smallest absolute Gasteiger partial charge is 0.177 e. The van der Waals surface area contributed by atoms with Crippen LogP contribution in [-0.4, -0.2) is 13.6 Å². The fraction of sp³-hybridized carbons (Fsp3) is 0.167. The molecule has 2 heteroatoms. The van der Waals surface area contributed by atoms with Gasteiger partial charge in [-0.2, -0.15) is 0 Å². The first-order chi connectivity index (χ1) is 3.81. The molecule has 0 heterocycles. The van der Waals surface area contributed by atoms with E-state index in [0.717, 1.165) is 0 Å². The van der Waals surface area contributed by atoms with E-state index in [0.29, 0.717) is 0 Å². The van der Waals surface area contributed by atoms with Gasteiger partial charge in [-0.15, -0.1) is 5.98 Å². The highest BCUT2D eigenvalue weighted by molar-refractivity contribution is 6.19. The average Bonchev–Trinajstić information content (AvgIpc) is 1.68. The van der Waals surface area contributed by atoms with E-state index in [2.05, 4.69) is 0 Å². The van der Waals surface area contributed by atoms with Crippen LogP contribution in [0.5, 0.6) is 0 Å². The number of ketones is 1. The fourth-order valence-corrected chi connectivity index (χ4v) is 0.384. The van der Waals surface area contributed by atoms with Crippen LogP contribution in [0.3, 0.4) is 0 Å². The van der Waals surface area contributed by atoms with Gasteiger partial charge in [-0.1, -0.05) is 6.08 Å². The summed E-state index contributed by atoms with van der Waals surface area (Å²) in [7, 11) is 1.82. The maximum Gasteiger partial charge on any atom is 0.177 e. The minimum Gasteiger partial charge on any atom is -0.290 e. The van der Waals surface area contributed by atoms with Crippen LogP contribution in [0.4, 0.5) is 0 Å². The Morgan fingerprint density at radius 3 is 2.50 bits per heavy atom. The van der Waals surface area contributed by atoms with Crippen molar-refractivity contribution in [2.24, 2.45) is 0 Å². The van der Waals surface area contributed by atoms with E-state index in [1.807, 2.05) is 14.8 Å². The van der Waals surface area contributed by atoms with Gasteiger partial charge in [-0.05, 0) is 19.1 Å². The first-order valence-electron chi connectivity index (χ1n) is 2.60. The third kappa shape index (κ3) is 3.41. The van der Waals surface area contributed by atoms with Crippen LogP contribution >= 0.6 is 0 Å². The number of hydrogen-bond donors (Lipinski definition) is 0. The van der Waals surface area contributed by atoms with E-state index >= 15 is 0 Å². The minimum atomic E-state index is 0.0509. The third-order valence-corrected chi connectivity index (χ3v) is 0.662. The molecule has 0 aromatic heterocycles. The van der Waals surface area contributed by atoms with E-state index in [1.54, 1.807) is 12.1 Å². The zero-order valence-electron chi connectivity index (χ0n) is 5.22. The normalized spacial score (nSPS) is 11.1. The van der Waals surface area contributed by atoms with Crippen LogP contribution in [0, 0.1) is 0 Å². The number of allylic oxidation sites excluding steroid dienone is 3. The van der Waals surface area contributed by atoms with Crippen molar-refractivity contribution >= 4 is 13.6 Å². The summed E-state index contributed by atoms with van der Waals surface area (Å²) >= 11 is 0. The number of rotatable bonds is 2. The molecule has 0 radical (unpaired) electrons. The molecule has 0 N–H and O–H groups in total. The molecule has 0 fully saturated rings. The van der Waals surface area contributed by atoms with Crippen molar-refractivity contribution in [1.29, 1.82) is 0 Å². The van der Waals surface area contributed by atoms with Gasteiger partial charge >= 0.3 is 0 Å². The Hall–Kier alpha value is -0.785. The highest BCUT2D eigenvalue weighted by Gasteiger charge is 1.80. The molecule has 0 atom stereocenters. The van der Waals surface area contributed by atoms with Crippen molar-refractivity contribution in [1.82, 2.24) is 0 Å².